The summed E-state index contributed by atoms with van der Waals surface area (Å²) in [6.07, 6.45) is 0.796. The molecule has 0 saturated heterocycles. The number of aryl methyl sites for hydroxylation is 2. The molecule has 2 heterocycles. The summed E-state index contributed by atoms with van der Waals surface area (Å²) < 4.78 is 1.16. The number of hydrogen-bond acceptors (Lipinski definition) is 4. The van der Waals surface area contributed by atoms with Crippen LogP contribution in [0.2, 0.25) is 5.02 Å². The molecule has 7 nitrogen and oxygen atoms in total. The van der Waals surface area contributed by atoms with Crippen molar-refractivity contribution < 1.29 is 9.59 Å². The van der Waals surface area contributed by atoms with E-state index in [0.717, 1.165) is 27.9 Å². The smallest absolute Gasteiger partial charge is 0.278 e. The van der Waals surface area contributed by atoms with Gasteiger partial charge in [-0.25, -0.2) is 4.68 Å². The van der Waals surface area contributed by atoms with E-state index in [1.54, 1.807) is 17.0 Å². The summed E-state index contributed by atoms with van der Waals surface area (Å²) in [6, 6.07) is 15.7. The first-order chi connectivity index (χ1) is 15.3. The standard InChI is InChI=1S/C24H23ClN4O3/c1-15-7-8-18(25)14-20(15)26-22(30)11-12-28-23(31)10-9-19(27-28)24(32)29-16(2)13-17-5-3-4-6-21(17)29/h3-10,14,16H,11-13H2,1-2H3,(H,26,30)/t16-/m1/s1. The lowest BCUT2D eigenvalue weighted by atomic mass is 10.1. The van der Waals surface area contributed by atoms with Gasteiger partial charge in [-0.05, 0) is 55.7 Å². The summed E-state index contributed by atoms with van der Waals surface area (Å²) in [5.74, 6) is -0.543. The zero-order chi connectivity index (χ0) is 22.8. The van der Waals surface area contributed by atoms with Gasteiger partial charge >= 0.3 is 0 Å². The number of rotatable bonds is 5. The lowest BCUT2D eigenvalue weighted by Gasteiger charge is -2.22. The lowest BCUT2D eigenvalue weighted by molar-refractivity contribution is -0.116. The topological polar surface area (TPSA) is 84.3 Å². The number of amides is 2. The quantitative estimate of drug-likeness (QED) is 0.640. The summed E-state index contributed by atoms with van der Waals surface area (Å²) in [4.78, 5) is 39.6. The van der Waals surface area contributed by atoms with Crippen LogP contribution in [-0.4, -0.2) is 27.6 Å². The van der Waals surface area contributed by atoms with Crippen LogP contribution in [-0.2, 0) is 17.8 Å². The Balaban J connectivity index is 1.48. The van der Waals surface area contributed by atoms with E-state index in [1.165, 1.54) is 12.1 Å². The molecule has 1 atom stereocenters. The average molecular weight is 451 g/mol. The summed E-state index contributed by atoms with van der Waals surface area (Å²) >= 11 is 5.99. The minimum atomic E-state index is -0.372. The molecule has 1 aromatic heterocycles. The number of benzene rings is 2. The van der Waals surface area contributed by atoms with E-state index in [2.05, 4.69) is 10.4 Å². The van der Waals surface area contributed by atoms with E-state index in [4.69, 9.17) is 11.6 Å². The average Bonchev–Trinajstić information content (AvgIpc) is 3.11. The van der Waals surface area contributed by atoms with Crippen molar-refractivity contribution in [3.8, 4) is 0 Å². The molecule has 0 aliphatic carbocycles. The van der Waals surface area contributed by atoms with Crippen molar-refractivity contribution in [3.63, 3.8) is 0 Å². The molecular weight excluding hydrogens is 428 g/mol. The van der Waals surface area contributed by atoms with Crippen LogP contribution in [0.1, 0.15) is 35.0 Å². The molecule has 0 unspecified atom stereocenters. The number of anilines is 2. The van der Waals surface area contributed by atoms with Gasteiger partial charge < -0.3 is 10.2 Å². The lowest BCUT2D eigenvalue weighted by Crippen LogP contribution is -2.37. The number of nitrogens with one attached hydrogen (secondary N) is 1. The van der Waals surface area contributed by atoms with Crippen molar-refractivity contribution in [2.45, 2.75) is 39.3 Å². The van der Waals surface area contributed by atoms with Crippen molar-refractivity contribution in [1.29, 1.82) is 0 Å². The molecule has 0 spiro atoms. The van der Waals surface area contributed by atoms with Crippen LogP contribution in [0.3, 0.4) is 0 Å². The van der Waals surface area contributed by atoms with Gasteiger partial charge in [0.2, 0.25) is 5.91 Å². The highest BCUT2D eigenvalue weighted by molar-refractivity contribution is 6.31. The number of aromatic nitrogens is 2. The first kappa shape index (κ1) is 21.8. The molecule has 0 bridgehead atoms. The molecule has 0 saturated carbocycles. The van der Waals surface area contributed by atoms with Crippen LogP contribution in [0, 0.1) is 6.92 Å². The van der Waals surface area contributed by atoms with Gasteiger partial charge in [-0.2, -0.15) is 5.10 Å². The van der Waals surface area contributed by atoms with E-state index < -0.39 is 0 Å². The van der Waals surface area contributed by atoms with Crippen molar-refractivity contribution in [3.05, 3.63) is 86.8 Å². The minimum absolute atomic E-state index is 0.00575. The molecule has 164 valence electrons. The van der Waals surface area contributed by atoms with Crippen LogP contribution in [0.5, 0.6) is 0 Å². The molecule has 3 aromatic rings. The Kier molecular flexibility index (Phi) is 6.10. The molecule has 1 N–H and O–H groups in total. The van der Waals surface area contributed by atoms with E-state index in [9.17, 15) is 14.4 Å². The maximum absolute atomic E-state index is 13.2. The molecule has 0 radical (unpaired) electrons. The predicted octanol–water partition coefficient (Wildman–Crippen LogP) is 3.83. The largest absolute Gasteiger partial charge is 0.326 e. The zero-order valence-electron chi connectivity index (χ0n) is 17.8. The van der Waals surface area contributed by atoms with E-state index >= 15 is 0 Å². The molecule has 2 amide bonds. The van der Waals surface area contributed by atoms with E-state index in [0.29, 0.717) is 10.7 Å². The Morgan fingerprint density at radius 1 is 1.16 bits per heavy atom. The number of carbonyl (C=O) groups is 2. The van der Waals surface area contributed by atoms with Crippen LogP contribution < -0.4 is 15.8 Å². The van der Waals surface area contributed by atoms with Gasteiger partial charge in [0.05, 0.1) is 6.54 Å². The molecule has 1 aliphatic heterocycles. The number of fused-ring (bicyclic) bond motifs is 1. The van der Waals surface area contributed by atoms with E-state index in [-0.39, 0.29) is 42.1 Å². The van der Waals surface area contributed by atoms with Crippen molar-refractivity contribution >= 4 is 34.8 Å². The summed E-state index contributed by atoms with van der Waals surface area (Å²) in [5, 5.41) is 7.57. The highest BCUT2D eigenvalue weighted by Gasteiger charge is 2.32. The molecule has 8 heteroatoms. The highest BCUT2D eigenvalue weighted by Crippen LogP contribution is 2.32. The Morgan fingerprint density at radius 3 is 2.75 bits per heavy atom. The van der Waals surface area contributed by atoms with Crippen molar-refractivity contribution in [1.82, 2.24) is 9.78 Å². The third kappa shape index (κ3) is 4.43. The molecule has 32 heavy (non-hydrogen) atoms. The fourth-order valence-electron chi connectivity index (χ4n) is 3.87. The first-order valence-electron chi connectivity index (χ1n) is 10.4. The van der Waals surface area contributed by atoms with Gasteiger partial charge in [0.1, 0.15) is 5.69 Å². The van der Waals surface area contributed by atoms with Crippen molar-refractivity contribution in [2.24, 2.45) is 0 Å². The Labute approximate surface area is 190 Å². The van der Waals surface area contributed by atoms with Gasteiger partial charge in [0.25, 0.3) is 11.5 Å². The number of para-hydroxylation sites is 1. The van der Waals surface area contributed by atoms with Crippen LogP contribution in [0.15, 0.2) is 59.4 Å². The molecule has 4 rings (SSSR count). The van der Waals surface area contributed by atoms with Gasteiger partial charge in [-0.15, -0.1) is 0 Å². The van der Waals surface area contributed by atoms with Gasteiger partial charge in [0, 0.05) is 34.9 Å². The Hall–Kier alpha value is -3.45. The summed E-state index contributed by atoms with van der Waals surface area (Å²) in [5.41, 5.74) is 3.26. The normalized spacial score (nSPS) is 14.8. The zero-order valence-corrected chi connectivity index (χ0v) is 18.6. The first-order valence-corrected chi connectivity index (χ1v) is 10.8. The fraction of sp³-hybridized carbons (Fsp3) is 0.250. The second-order valence-electron chi connectivity index (χ2n) is 7.89. The minimum Gasteiger partial charge on any atom is -0.326 e. The molecule has 1 aliphatic rings. The number of hydrogen-bond donors (Lipinski definition) is 1. The second kappa shape index (κ2) is 8.96. The maximum Gasteiger partial charge on any atom is 0.278 e. The van der Waals surface area contributed by atoms with Crippen LogP contribution in [0.25, 0.3) is 0 Å². The Morgan fingerprint density at radius 2 is 1.94 bits per heavy atom. The highest BCUT2D eigenvalue weighted by atomic mass is 35.5. The maximum atomic E-state index is 13.2. The van der Waals surface area contributed by atoms with Crippen LogP contribution in [0.4, 0.5) is 11.4 Å². The summed E-state index contributed by atoms with van der Waals surface area (Å²) in [7, 11) is 0. The second-order valence-corrected chi connectivity index (χ2v) is 8.33. The third-order valence-corrected chi connectivity index (χ3v) is 5.77. The third-order valence-electron chi connectivity index (χ3n) is 5.54. The van der Waals surface area contributed by atoms with Gasteiger partial charge in [-0.1, -0.05) is 35.9 Å². The molecule has 2 aromatic carbocycles. The SMILES string of the molecule is Cc1ccc(Cl)cc1NC(=O)CCn1nc(C(=O)N2c3ccccc3C[C@H]2C)ccc1=O. The van der Waals surface area contributed by atoms with Gasteiger partial charge in [-0.3, -0.25) is 14.4 Å². The van der Waals surface area contributed by atoms with Gasteiger partial charge in [0.15, 0.2) is 0 Å². The van der Waals surface area contributed by atoms with Crippen LogP contribution >= 0.6 is 11.6 Å². The monoisotopic (exact) mass is 450 g/mol. The number of nitrogens with zero attached hydrogens (tertiary/aromatic N) is 3. The molecule has 0 fully saturated rings. The number of carbonyl (C=O) groups excluding carboxylic acids is 2. The Bertz CT molecular complexity index is 1250. The van der Waals surface area contributed by atoms with E-state index in [1.807, 2.05) is 44.2 Å². The predicted molar refractivity (Wildman–Crippen MR) is 124 cm³/mol. The fourth-order valence-corrected chi connectivity index (χ4v) is 4.04. The van der Waals surface area contributed by atoms with Crippen molar-refractivity contribution in [2.75, 3.05) is 10.2 Å². The number of halogens is 1. The summed E-state index contributed by atoms with van der Waals surface area (Å²) in [6.45, 7) is 3.90. The molecular formula is C24H23ClN4O3.